The van der Waals surface area contributed by atoms with Gasteiger partial charge in [-0.25, -0.2) is 0 Å². The standard InChI is InChI=1S/C18H32N2O2/c1-13(2)17(20-5-7-22-8-6-20)12-19-18(21)11-16-10-14-3-4-15(16)9-14/h13-17H,3-12H2,1-2H3,(H,19,21)/t14-,15-,16-,17+/m0/s1. The van der Waals surface area contributed by atoms with Gasteiger partial charge in [0.15, 0.2) is 0 Å². The number of hydrogen-bond acceptors (Lipinski definition) is 3. The number of fused-ring (bicyclic) bond motifs is 2. The summed E-state index contributed by atoms with van der Waals surface area (Å²) in [6, 6.07) is 0.438. The quantitative estimate of drug-likeness (QED) is 0.818. The SMILES string of the molecule is CC(C)[C@@H](CNC(=O)C[C@@H]1C[C@H]2CC[C@H]1C2)N1CCOCC1. The van der Waals surface area contributed by atoms with Crippen molar-refractivity contribution in [3.8, 4) is 0 Å². The van der Waals surface area contributed by atoms with Crippen LogP contribution in [0.3, 0.4) is 0 Å². The topological polar surface area (TPSA) is 41.6 Å². The number of amides is 1. The van der Waals surface area contributed by atoms with Crippen LogP contribution in [0.1, 0.15) is 46.0 Å². The van der Waals surface area contributed by atoms with Crippen molar-refractivity contribution in [3.05, 3.63) is 0 Å². The number of rotatable bonds is 6. The van der Waals surface area contributed by atoms with Crippen molar-refractivity contribution < 1.29 is 9.53 Å². The van der Waals surface area contributed by atoms with Gasteiger partial charge in [-0.1, -0.05) is 20.3 Å². The average molecular weight is 308 g/mol. The maximum Gasteiger partial charge on any atom is 0.220 e. The highest BCUT2D eigenvalue weighted by Gasteiger charge is 2.40. The largest absolute Gasteiger partial charge is 0.379 e. The van der Waals surface area contributed by atoms with Gasteiger partial charge in [0.2, 0.25) is 5.91 Å². The Morgan fingerprint density at radius 1 is 1.23 bits per heavy atom. The van der Waals surface area contributed by atoms with E-state index in [1.54, 1.807) is 0 Å². The average Bonchev–Trinajstić information content (AvgIpc) is 3.11. The minimum atomic E-state index is 0.274. The molecule has 1 N–H and O–H groups in total. The molecule has 0 aromatic carbocycles. The van der Waals surface area contributed by atoms with E-state index in [1.807, 2.05) is 0 Å². The van der Waals surface area contributed by atoms with Gasteiger partial charge in [-0.15, -0.1) is 0 Å². The fraction of sp³-hybridized carbons (Fsp3) is 0.944. The molecule has 1 saturated heterocycles. The first kappa shape index (κ1) is 16.3. The summed E-state index contributed by atoms with van der Waals surface area (Å²) in [6.45, 7) is 8.92. The Labute approximate surface area is 135 Å². The van der Waals surface area contributed by atoms with Crippen LogP contribution in [0.4, 0.5) is 0 Å². The summed E-state index contributed by atoms with van der Waals surface area (Å²) in [7, 11) is 0. The zero-order valence-electron chi connectivity index (χ0n) is 14.2. The molecule has 3 rings (SSSR count). The van der Waals surface area contributed by atoms with Crippen molar-refractivity contribution in [2.45, 2.75) is 52.0 Å². The molecular weight excluding hydrogens is 276 g/mol. The Balaban J connectivity index is 1.44. The second-order valence-electron chi connectivity index (χ2n) is 7.90. The molecule has 1 amide bonds. The third-order valence-electron chi connectivity index (χ3n) is 6.12. The van der Waals surface area contributed by atoms with Crippen molar-refractivity contribution in [3.63, 3.8) is 0 Å². The fourth-order valence-corrected chi connectivity index (χ4v) is 4.85. The molecule has 0 aromatic heterocycles. The molecule has 3 aliphatic rings. The molecule has 0 radical (unpaired) electrons. The summed E-state index contributed by atoms with van der Waals surface area (Å²) in [5.41, 5.74) is 0. The predicted octanol–water partition coefficient (Wildman–Crippen LogP) is 2.29. The molecule has 2 aliphatic carbocycles. The van der Waals surface area contributed by atoms with Crippen molar-refractivity contribution >= 4 is 5.91 Å². The molecule has 0 unspecified atom stereocenters. The highest BCUT2D eigenvalue weighted by Crippen LogP contribution is 2.49. The molecule has 0 spiro atoms. The lowest BCUT2D eigenvalue weighted by molar-refractivity contribution is -0.122. The van der Waals surface area contributed by atoms with Gasteiger partial charge in [0, 0.05) is 32.1 Å². The smallest absolute Gasteiger partial charge is 0.220 e. The second kappa shape index (κ2) is 7.31. The van der Waals surface area contributed by atoms with Crippen molar-refractivity contribution in [2.75, 3.05) is 32.8 Å². The summed E-state index contributed by atoms with van der Waals surface area (Å²) in [4.78, 5) is 14.8. The molecule has 0 aromatic rings. The van der Waals surface area contributed by atoms with Crippen LogP contribution < -0.4 is 5.32 Å². The molecule has 2 saturated carbocycles. The highest BCUT2D eigenvalue weighted by atomic mass is 16.5. The number of nitrogens with zero attached hydrogens (tertiary/aromatic N) is 1. The minimum Gasteiger partial charge on any atom is -0.379 e. The predicted molar refractivity (Wildman–Crippen MR) is 87.6 cm³/mol. The van der Waals surface area contributed by atoms with Crippen LogP contribution in [0.25, 0.3) is 0 Å². The minimum absolute atomic E-state index is 0.274. The van der Waals surface area contributed by atoms with Crippen LogP contribution in [-0.2, 0) is 9.53 Å². The van der Waals surface area contributed by atoms with Crippen LogP contribution in [0.15, 0.2) is 0 Å². The Bertz CT molecular complexity index is 379. The molecule has 4 heteroatoms. The number of carbonyl (C=O) groups excluding carboxylic acids is 1. The van der Waals surface area contributed by atoms with Crippen molar-refractivity contribution in [2.24, 2.45) is 23.7 Å². The third-order valence-corrected chi connectivity index (χ3v) is 6.12. The van der Waals surface area contributed by atoms with E-state index in [0.717, 1.165) is 51.1 Å². The second-order valence-corrected chi connectivity index (χ2v) is 7.90. The van der Waals surface area contributed by atoms with Gasteiger partial charge in [0.1, 0.15) is 0 Å². The van der Waals surface area contributed by atoms with Crippen molar-refractivity contribution in [1.29, 1.82) is 0 Å². The summed E-state index contributed by atoms with van der Waals surface area (Å²) in [5, 5.41) is 3.23. The Morgan fingerprint density at radius 3 is 2.59 bits per heavy atom. The Kier molecular flexibility index (Phi) is 5.40. The first-order valence-corrected chi connectivity index (χ1v) is 9.22. The summed E-state index contributed by atoms with van der Waals surface area (Å²) in [6.07, 6.45) is 6.23. The van der Waals surface area contributed by atoms with Gasteiger partial charge in [-0.05, 0) is 42.9 Å². The molecular formula is C18H32N2O2. The molecule has 4 nitrogen and oxygen atoms in total. The maximum atomic E-state index is 12.3. The van der Waals surface area contributed by atoms with Crippen LogP contribution in [0.2, 0.25) is 0 Å². The lowest BCUT2D eigenvalue weighted by atomic mass is 9.86. The van der Waals surface area contributed by atoms with Gasteiger partial charge < -0.3 is 10.1 Å². The van der Waals surface area contributed by atoms with Crippen LogP contribution in [0.5, 0.6) is 0 Å². The van der Waals surface area contributed by atoms with Gasteiger partial charge in [-0.2, -0.15) is 0 Å². The van der Waals surface area contributed by atoms with E-state index < -0.39 is 0 Å². The molecule has 3 fully saturated rings. The molecule has 1 aliphatic heterocycles. The third kappa shape index (κ3) is 3.83. The molecule has 1 heterocycles. The zero-order chi connectivity index (χ0) is 15.5. The fourth-order valence-electron chi connectivity index (χ4n) is 4.85. The summed E-state index contributed by atoms with van der Waals surface area (Å²) >= 11 is 0. The van der Waals surface area contributed by atoms with Gasteiger partial charge in [-0.3, -0.25) is 9.69 Å². The number of morpholine rings is 1. The van der Waals surface area contributed by atoms with E-state index in [-0.39, 0.29) is 5.91 Å². The van der Waals surface area contributed by atoms with E-state index in [2.05, 4.69) is 24.1 Å². The molecule has 126 valence electrons. The number of ether oxygens (including phenoxy) is 1. The highest BCUT2D eigenvalue weighted by molar-refractivity contribution is 5.76. The zero-order valence-corrected chi connectivity index (χ0v) is 14.2. The summed E-state index contributed by atoms with van der Waals surface area (Å²) in [5.74, 6) is 3.27. The first-order valence-electron chi connectivity index (χ1n) is 9.22. The van der Waals surface area contributed by atoms with Crippen LogP contribution >= 0.6 is 0 Å². The van der Waals surface area contributed by atoms with Gasteiger partial charge in [0.25, 0.3) is 0 Å². The van der Waals surface area contributed by atoms with Crippen LogP contribution in [0, 0.1) is 23.7 Å². The van der Waals surface area contributed by atoms with Crippen molar-refractivity contribution in [1.82, 2.24) is 10.2 Å². The molecule has 2 bridgehead atoms. The lowest BCUT2D eigenvalue weighted by Gasteiger charge is -2.37. The van der Waals surface area contributed by atoms with E-state index in [9.17, 15) is 4.79 Å². The number of nitrogens with one attached hydrogen (secondary N) is 1. The van der Waals surface area contributed by atoms with E-state index in [1.165, 1.54) is 25.7 Å². The van der Waals surface area contributed by atoms with Gasteiger partial charge >= 0.3 is 0 Å². The van der Waals surface area contributed by atoms with Crippen LogP contribution in [-0.4, -0.2) is 49.7 Å². The van der Waals surface area contributed by atoms with E-state index in [0.29, 0.717) is 17.9 Å². The van der Waals surface area contributed by atoms with Gasteiger partial charge in [0.05, 0.1) is 13.2 Å². The maximum absolute atomic E-state index is 12.3. The number of hydrogen-bond donors (Lipinski definition) is 1. The number of carbonyl (C=O) groups is 1. The Morgan fingerprint density at radius 2 is 2.00 bits per heavy atom. The lowest BCUT2D eigenvalue weighted by Crippen LogP contribution is -2.51. The molecule has 22 heavy (non-hydrogen) atoms. The first-order chi connectivity index (χ1) is 10.6. The monoisotopic (exact) mass is 308 g/mol. The normalized spacial score (nSPS) is 33.3. The summed E-state index contributed by atoms with van der Waals surface area (Å²) < 4.78 is 5.44. The van der Waals surface area contributed by atoms with E-state index >= 15 is 0 Å². The Hall–Kier alpha value is -0.610. The van der Waals surface area contributed by atoms with E-state index in [4.69, 9.17) is 4.74 Å². The molecule has 4 atom stereocenters.